The number of carbonyl (C=O) groups is 2. The van der Waals surface area contributed by atoms with Crippen molar-refractivity contribution in [2.24, 2.45) is 5.73 Å². The molecule has 0 saturated carbocycles. The van der Waals surface area contributed by atoms with Crippen LogP contribution in [0.15, 0.2) is 47.2 Å². The van der Waals surface area contributed by atoms with Crippen molar-refractivity contribution in [2.45, 2.75) is 18.8 Å². The van der Waals surface area contributed by atoms with Crippen LogP contribution < -0.4 is 16.4 Å². The molecule has 0 fully saturated rings. The van der Waals surface area contributed by atoms with Gasteiger partial charge in [-0.3, -0.25) is 4.79 Å². The van der Waals surface area contributed by atoms with Crippen LogP contribution in [-0.2, 0) is 24.5 Å². The van der Waals surface area contributed by atoms with E-state index in [9.17, 15) is 9.59 Å². The second-order valence-corrected chi connectivity index (χ2v) is 5.80. The summed E-state index contributed by atoms with van der Waals surface area (Å²) in [6, 6.07) is 7.29. The number of benzene rings is 1. The fraction of sp³-hybridized carbons (Fsp3) is 0.294. The molecule has 1 atom stereocenters. The first-order valence-corrected chi connectivity index (χ1v) is 7.84. The monoisotopic (exact) mass is 327 g/mol. The van der Waals surface area contributed by atoms with Gasteiger partial charge in [0, 0.05) is 23.4 Å². The molecule has 7 heteroatoms. The average molecular weight is 327 g/mol. The van der Waals surface area contributed by atoms with E-state index in [0.29, 0.717) is 35.7 Å². The van der Waals surface area contributed by atoms with Crippen LogP contribution in [0.1, 0.15) is 18.9 Å². The topological polar surface area (TPSA) is 103 Å². The van der Waals surface area contributed by atoms with Crippen molar-refractivity contribution in [1.82, 2.24) is 5.32 Å². The highest BCUT2D eigenvalue weighted by Gasteiger charge is 2.60. The van der Waals surface area contributed by atoms with Crippen molar-refractivity contribution in [1.29, 1.82) is 0 Å². The zero-order valence-corrected chi connectivity index (χ0v) is 13.1. The van der Waals surface area contributed by atoms with Gasteiger partial charge in [0.25, 0.3) is 0 Å². The molecule has 0 bridgehead atoms. The molecule has 0 aromatic heterocycles. The van der Waals surface area contributed by atoms with Gasteiger partial charge in [-0.2, -0.15) is 0 Å². The van der Waals surface area contributed by atoms with Crippen LogP contribution in [0.2, 0.25) is 0 Å². The predicted molar refractivity (Wildman–Crippen MR) is 85.3 cm³/mol. The van der Waals surface area contributed by atoms with E-state index in [1.54, 1.807) is 13.0 Å². The lowest BCUT2D eigenvalue weighted by atomic mass is 9.68. The standard InChI is InChI=1S/C17H17N3O4/c1-2-23-15(21)12-13(18)24-14-10(7-8-19-14)17(12)9-5-3-4-6-11(9)20-16(17)22/h3-6,19H,2,7-8,18H2,1H3,(H,20,22). The Labute approximate surface area is 138 Å². The Hall–Kier alpha value is -2.96. The SMILES string of the molecule is CCOC(=O)C1=C(N)OC2=C(CCN2)C12C(=O)Nc1ccccc12. The van der Waals surface area contributed by atoms with Crippen LogP contribution in [0.5, 0.6) is 0 Å². The molecule has 4 N–H and O–H groups in total. The van der Waals surface area contributed by atoms with Crippen LogP contribution in [0.3, 0.4) is 0 Å². The van der Waals surface area contributed by atoms with Gasteiger partial charge in [0.2, 0.25) is 11.8 Å². The molecule has 4 rings (SSSR count). The van der Waals surface area contributed by atoms with Crippen LogP contribution >= 0.6 is 0 Å². The molecule has 1 amide bonds. The second kappa shape index (κ2) is 5.02. The quantitative estimate of drug-likeness (QED) is 0.696. The minimum atomic E-state index is -1.30. The molecule has 7 nitrogen and oxygen atoms in total. The molecule has 124 valence electrons. The molecule has 1 spiro atoms. The Balaban J connectivity index is 2.02. The average Bonchev–Trinajstić information content (AvgIpc) is 3.12. The van der Waals surface area contributed by atoms with Crippen LogP contribution in [0.4, 0.5) is 5.69 Å². The Morgan fingerprint density at radius 1 is 1.42 bits per heavy atom. The first kappa shape index (κ1) is 14.6. The normalized spacial score (nSPS) is 24.3. The Kier molecular flexibility index (Phi) is 3.06. The van der Waals surface area contributed by atoms with Gasteiger partial charge >= 0.3 is 5.97 Å². The maximum atomic E-state index is 13.1. The maximum Gasteiger partial charge on any atom is 0.341 e. The number of para-hydroxylation sites is 1. The van der Waals surface area contributed by atoms with Crippen molar-refractivity contribution in [3.8, 4) is 0 Å². The number of carbonyl (C=O) groups excluding carboxylic acids is 2. The minimum Gasteiger partial charge on any atom is -0.462 e. The van der Waals surface area contributed by atoms with Crippen LogP contribution in [-0.4, -0.2) is 25.0 Å². The first-order valence-electron chi connectivity index (χ1n) is 7.84. The number of ether oxygens (including phenoxy) is 2. The van der Waals surface area contributed by atoms with E-state index in [1.807, 2.05) is 18.2 Å². The molecule has 1 unspecified atom stereocenters. The van der Waals surface area contributed by atoms with Gasteiger partial charge in [-0.25, -0.2) is 4.79 Å². The van der Waals surface area contributed by atoms with E-state index in [-0.39, 0.29) is 24.0 Å². The number of nitrogens with one attached hydrogen (secondary N) is 2. The Bertz CT molecular complexity index is 827. The first-order chi connectivity index (χ1) is 11.6. The summed E-state index contributed by atoms with van der Waals surface area (Å²) in [5, 5.41) is 5.96. The zero-order chi connectivity index (χ0) is 16.9. The molecule has 3 heterocycles. The molecule has 1 aromatic rings. The minimum absolute atomic E-state index is 0.0502. The van der Waals surface area contributed by atoms with E-state index < -0.39 is 11.4 Å². The summed E-state index contributed by atoms with van der Waals surface area (Å²) < 4.78 is 10.8. The lowest BCUT2D eigenvalue weighted by Crippen LogP contribution is -2.46. The summed E-state index contributed by atoms with van der Waals surface area (Å²) in [6.45, 7) is 2.50. The van der Waals surface area contributed by atoms with E-state index in [2.05, 4.69) is 10.6 Å². The second-order valence-electron chi connectivity index (χ2n) is 5.80. The van der Waals surface area contributed by atoms with Gasteiger partial charge in [0.15, 0.2) is 5.88 Å². The van der Waals surface area contributed by atoms with Crippen LogP contribution in [0, 0.1) is 0 Å². The highest BCUT2D eigenvalue weighted by atomic mass is 16.5. The van der Waals surface area contributed by atoms with Crippen molar-refractivity contribution in [3.05, 3.63) is 52.7 Å². The number of anilines is 1. The summed E-state index contributed by atoms with van der Waals surface area (Å²) in [5.41, 5.74) is 6.86. The van der Waals surface area contributed by atoms with Gasteiger partial charge in [-0.05, 0) is 19.4 Å². The largest absolute Gasteiger partial charge is 0.462 e. The van der Waals surface area contributed by atoms with Crippen molar-refractivity contribution in [3.63, 3.8) is 0 Å². The lowest BCUT2D eigenvalue weighted by Gasteiger charge is -2.34. The molecule has 0 radical (unpaired) electrons. The maximum absolute atomic E-state index is 13.1. The summed E-state index contributed by atoms with van der Waals surface area (Å²) >= 11 is 0. The number of nitrogens with two attached hydrogens (primary N) is 1. The fourth-order valence-electron chi connectivity index (χ4n) is 3.74. The Morgan fingerprint density at radius 2 is 2.21 bits per heavy atom. The molecule has 3 aliphatic heterocycles. The van der Waals surface area contributed by atoms with Crippen molar-refractivity contribution < 1.29 is 19.1 Å². The van der Waals surface area contributed by atoms with Gasteiger partial charge < -0.3 is 25.8 Å². The van der Waals surface area contributed by atoms with E-state index in [4.69, 9.17) is 15.2 Å². The predicted octanol–water partition coefficient (Wildman–Crippen LogP) is 0.845. The molecular weight excluding hydrogens is 310 g/mol. The summed E-state index contributed by atoms with van der Waals surface area (Å²) in [5.74, 6) is -0.602. The van der Waals surface area contributed by atoms with Gasteiger partial charge in [0.05, 0.1) is 6.61 Å². The number of rotatable bonds is 2. The van der Waals surface area contributed by atoms with Crippen molar-refractivity contribution >= 4 is 17.6 Å². The number of hydrogen-bond acceptors (Lipinski definition) is 6. The van der Waals surface area contributed by atoms with E-state index in [1.165, 1.54) is 0 Å². The number of esters is 1. The summed E-state index contributed by atoms with van der Waals surface area (Å²) in [4.78, 5) is 25.7. The molecule has 0 aliphatic carbocycles. The third kappa shape index (κ3) is 1.66. The highest BCUT2D eigenvalue weighted by Crippen LogP contribution is 2.53. The third-order valence-electron chi connectivity index (χ3n) is 4.62. The number of fused-ring (bicyclic) bond motifs is 3. The van der Waals surface area contributed by atoms with Crippen molar-refractivity contribution in [2.75, 3.05) is 18.5 Å². The van der Waals surface area contributed by atoms with Gasteiger partial charge in [-0.15, -0.1) is 0 Å². The molecule has 24 heavy (non-hydrogen) atoms. The number of hydrogen-bond donors (Lipinski definition) is 3. The molecule has 3 aliphatic rings. The molecule has 0 saturated heterocycles. The van der Waals surface area contributed by atoms with E-state index in [0.717, 1.165) is 0 Å². The summed E-state index contributed by atoms with van der Waals surface area (Å²) in [7, 11) is 0. The number of amides is 1. The van der Waals surface area contributed by atoms with Crippen LogP contribution in [0.25, 0.3) is 0 Å². The zero-order valence-electron chi connectivity index (χ0n) is 13.1. The fourth-order valence-corrected chi connectivity index (χ4v) is 3.74. The highest BCUT2D eigenvalue weighted by molar-refractivity contribution is 6.17. The molecule has 1 aromatic carbocycles. The molecular formula is C17H17N3O4. The van der Waals surface area contributed by atoms with E-state index >= 15 is 0 Å². The lowest BCUT2D eigenvalue weighted by molar-refractivity contribution is -0.140. The Morgan fingerprint density at radius 3 is 3.00 bits per heavy atom. The van der Waals surface area contributed by atoms with Gasteiger partial charge in [-0.1, -0.05) is 18.2 Å². The third-order valence-corrected chi connectivity index (χ3v) is 4.62. The summed E-state index contributed by atoms with van der Waals surface area (Å²) in [6.07, 6.45) is 0.577. The smallest absolute Gasteiger partial charge is 0.341 e. The van der Waals surface area contributed by atoms with Gasteiger partial charge in [0.1, 0.15) is 11.0 Å².